The van der Waals surface area contributed by atoms with Gasteiger partial charge >= 0.3 is 0 Å². The molecule has 0 saturated carbocycles. The molecule has 0 N–H and O–H groups in total. The predicted octanol–water partition coefficient (Wildman–Crippen LogP) is 2.75. The molecule has 2 amide bonds. The lowest BCUT2D eigenvalue weighted by molar-refractivity contribution is -0.123. The molecule has 2 aromatic carbocycles. The van der Waals surface area contributed by atoms with E-state index in [1.807, 2.05) is 42.5 Å². The maximum absolute atomic E-state index is 12.9. The van der Waals surface area contributed by atoms with Crippen molar-refractivity contribution in [2.75, 3.05) is 36.0 Å². The van der Waals surface area contributed by atoms with Crippen LogP contribution in [0.3, 0.4) is 0 Å². The van der Waals surface area contributed by atoms with Crippen molar-refractivity contribution < 1.29 is 9.59 Å². The second kappa shape index (κ2) is 7.36. The molecule has 2 aliphatic heterocycles. The van der Waals surface area contributed by atoms with Gasteiger partial charge in [0.2, 0.25) is 5.91 Å². The number of rotatable bonds is 3. The summed E-state index contributed by atoms with van der Waals surface area (Å²) in [6, 6.07) is 17.5. The van der Waals surface area contributed by atoms with Gasteiger partial charge in [-0.05, 0) is 59.0 Å². The largest absolute Gasteiger partial charge is 0.369 e. The quantitative estimate of drug-likeness (QED) is 0.521. The number of carbonyl (C=O) groups is 2. The van der Waals surface area contributed by atoms with E-state index in [1.165, 1.54) is 10.6 Å². The van der Waals surface area contributed by atoms with Gasteiger partial charge in [-0.3, -0.25) is 14.5 Å². The Labute approximate surface area is 166 Å². The zero-order chi connectivity index (χ0) is 18.1. The molecule has 5 nitrogen and oxygen atoms in total. The molecule has 1 atom stereocenters. The Bertz CT molecular complexity index is 802. The van der Waals surface area contributed by atoms with E-state index >= 15 is 0 Å². The summed E-state index contributed by atoms with van der Waals surface area (Å²) < 4.78 is 1.08. The van der Waals surface area contributed by atoms with Crippen LogP contribution in [0.4, 0.5) is 11.4 Å². The number of para-hydroxylation sites is 1. The lowest BCUT2D eigenvalue weighted by Gasteiger charge is -2.38. The molecular weight excluding hydrogens is 441 g/mol. The van der Waals surface area contributed by atoms with Gasteiger partial charge < -0.3 is 4.90 Å². The summed E-state index contributed by atoms with van der Waals surface area (Å²) in [6.45, 7) is 3.31. The van der Waals surface area contributed by atoms with Crippen molar-refractivity contribution in [2.45, 2.75) is 12.5 Å². The van der Waals surface area contributed by atoms with Gasteiger partial charge in [0, 0.05) is 35.4 Å². The molecule has 2 heterocycles. The number of hydrogen-bond acceptors (Lipinski definition) is 4. The predicted molar refractivity (Wildman–Crippen MR) is 110 cm³/mol. The fraction of sp³-hybridized carbons (Fsp3) is 0.300. The summed E-state index contributed by atoms with van der Waals surface area (Å²) in [4.78, 5) is 31.2. The minimum absolute atomic E-state index is 0.0932. The van der Waals surface area contributed by atoms with Crippen LogP contribution < -0.4 is 9.80 Å². The van der Waals surface area contributed by atoms with Gasteiger partial charge in [0.1, 0.15) is 0 Å². The van der Waals surface area contributed by atoms with E-state index in [1.54, 1.807) is 0 Å². The molecule has 0 spiro atoms. The number of amides is 2. The monoisotopic (exact) mass is 461 g/mol. The molecule has 2 fully saturated rings. The van der Waals surface area contributed by atoms with Crippen LogP contribution in [0.15, 0.2) is 54.6 Å². The highest BCUT2D eigenvalue weighted by Gasteiger charge is 2.43. The summed E-state index contributed by atoms with van der Waals surface area (Å²) in [5.41, 5.74) is 1.88. The number of imide groups is 1. The van der Waals surface area contributed by atoms with Crippen LogP contribution in [-0.4, -0.2) is 48.9 Å². The summed E-state index contributed by atoms with van der Waals surface area (Å²) in [5, 5.41) is 0. The van der Waals surface area contributed by atoms with Crippen molar-refractivity contribution >= 4 is 45.8 Å². The van der Waals surface area contributed by atoms with Gasteiger partial charge in [0.25, 0.3) is 5.91 Å². The fourth-order valence-corrected chi connectivity index (χ4v) is 4.05. The van der Waals surface area contributed by atoms with E-state index in [-0.39, 0.29) is 24.3 Å². The number of nitrogens with zero attached hydrogens (tertiary/aromatic N) is 3. The topological polar surface area (TPSA) is 43.9 Å². The molecule has 2 aliphatic rings. The summed E-state index contributed by atoms with van der Waals surface area (Å²) >= 11 is 2.21. The average Bonchev–Trinajstić information content (AvgIpc) is 2.98. The fourth-order valence-electron chi connectivity index (χ4n) is 3.69. The van der Waals surface area contributed by atoms with Crippen molar-refractivity contribution in [1.29, 1.82) is 0 Å². The number of hydrogen-bond donors (Lipinski definition) is 0. The van der Waals surface area contributed by atoms with Crippen molar-refractivity contribution in [3.63, 3.8) is 0 Å². The number of piperazine rings is 1. The smallest absolute Gasteiger partial charge is 0.251 e. The van der Waals surface area contributed by atoms with Crippen molar-refractivity contribution in [2.24, 2.45) is 0 Å². The minimum Gasteiger partial charge on any atom is -0.369 e. The zero-order valence-corrected chi connectivity index (χ0v) is 16.5. The molecule has 0 radical (unpaired) electrons. The summed E-state index contributed by atoms with van der Waals surface area (Å²) in [7, 11) is 0. The van der Waals surface area contributed by atoms with Crippen LogP contribution in [0.1, 0.15) is 6.42 Å². The van der Waals surface area contributed by atoms with Crippen molar-refractivity contribution in [3.8, 4) is 0 Å². The first-order valence-corrected chi connectivity index (χ1v) is 9.88. The molecule has 6 heteroatoms. The first-order chi connectivity index (χ1) is 12.6. The standard InChI is InChI=1S/C20H20IN3O2/c21-15-6-8-17(9-7-15)24-19(25)14-18(20(24)26)23-12-10-22(11-13-23)16-4-2-1-3-5-16/h1-9,18H,10-14H2. The third-order valence-electron chi connectivity index (χ3n) is 5.08. The molecule has 1 unspecified atom stereocenters. The Balaban J connectivity index is 1.44. The molecule has 134 valence electrons. The molecule has 4 rings (SSSR count). The van der Waals surface area contributed by atoms with Gasteiger partial charge in [-0.1, -0.05) is 18.2 Å². The highest BCUT2D eigenvalue weighted by atomic mass is 127. The summed E-state index contributed by atoms with van der Waals surface area (Å²) in [5.74, 6) is -0.198. The SMILES string of the molecule is O=C1CC(N2CCN(c3ccccc3)CC2)C(=O)N1c1ccc(I)cc1. The van der Waals surface area contributed by atoms with Gasteiger partial charge in [0.15, 0.2) is 0 Å². The number of halogens is 1. The van der Waals surface area contributed by atoms with Gasteiger partial charge in [-0.2, -0.15) is 0 Å². The number of carbonyl (C=O) groups excluding carboxylic acids is 2. The minimum atomic E-state index is -0.334. The molecule has 0 aromatic heterocycles. The van der Waals surface area contributed by atoms with Gasteiger partial charge in [-0.15, -0.1) is 0 Å². The molecule has 2 saturated heterocycles. The molecular formula is C20H20IN3O2. The first kappa shape index (κ1) is 17.5. The Hall–Kier alpha value is -1.93. The van der Waals surface area contributed by atoms with Crippen LogP contribution >= 0.6 is 22.6 Å². The molecule has 26 heavy (non-hydrogen) atoms. The lowest BCUT2D eigenvalue weighted by Crippen LogP contribution is -2.52. The highest BCUT2D eigenvalue weighted by molar-refractivity contribution is 14.1. The second-order valence-electron chi connectivity index (χ2n) is 6.62. The Morgan fingerprint density at radius 3 is 2.12 bits per heavy atom. The van der Waals surface area contributed by atoms with Crippen molar-refractivity contribution in [1.82, 2.24) is 4.90 Å². The Kier molecular flexibility index (Phi) is 4.95. The Morgan fingerprint density at radius 1 is 0.808 bits per heavy atom. The van der Waals surface area contributed by atoms with Gasteiger partial charge in [-0.25, -0.2) is 4.90 Å². The lowest BCUT2D eigenvalue weighted by atomic mass is 10.1. The van der Waals surface area contributed by atoms with E-state index < -0.39 is 0 Å². The van der Waals surface area contributed by atoms with E-state index in [0.29, 0.717) is 5.69 Å². The maximum Gasteiger partial charge on any atom is 0.251 e. The maximum atomic E-state index is 12.9. The normalized spacial score (nSPS) is 21.5. The highest BCUT2D eigenvalue weighted by Crippen LogP contribution is 2.27. The second-order valence-corrected chi connectivity index (χ2v) is 7.87. The number of benzene rings is 2. The van der Waals surface area contributed by atoms with E-state index in [0.717, 1.165) is 29.7 Å². The molecule has 2 aromatic rings. The van der Waals surface area contributed by atoms with E-state index in [2.05, 4.69) is 44.5 Å². The van der Waals surface area contributed by atoms with E-state index in [4.69, 9.17) is 0 Å². The van der Waals surface area contributed by atoms with Crippen molar-refractivity contribution in [3.05, 3.63) is 58.2 Å². The number of anilines is 2. The average molecular weight is 461 g/mol. The van der Waals surface area contributed by atoms with Crippen LogP contribution in [-0.2, 0) is 9.59 Å². The zero-order valence-electron chi connectivity index (χ0n) is 14.3. The van der Waals surface area contributed by atoms with E-state index in [9.17, 15) is 9.59 Å². The first-order valence-electron chi connectivity index (χ1n) is 8.80. The van der Waals surface area contributed by atoms with Crippen LogP contribution in [0.25, 0.3) is 0 Å². The summed E-state index contributed by atoms with van der Waals surface area (Å²) in [6.07, 6.45) is 0.274. The van der Waals surface area contributed by atoms with Crippen LogP contribution in [0.5, 0.6) is 0 Å². The third-order valence-corrected chi connectivity index (χ3v) is 5.80. The van der Waals surface area contributed by atoms with Crippen LogP contribution in [0.2, 0.25) is 0 Å². The Morgan fingerprint density at radius 2 is 1.46 bits per heavy atom. The van der Waals surface area contributed by atoms with Gasteiger partial charge in [0.05, 0.1) is 18.2 Å². The molecule has 0 bridgehead atoms. The molecule has 0 aliphatic carbocycles. The van der Waals surface area contributed by atoms with Crippen LogP contribution in [0, 0.1) is 3.57 Å². The third kappa shape index (κ3) is 3.35.